The van der Waals surface area contributed by atoms with Gasteiger partial charge in [0.15, 0.2) is 24.5 Å². The Labute approximate surface area is 191 Å². The summed E-state index contributed by atoms with van der Waals surface area (Å²) in [5.41, 5.74) is 0. The number of ether oxygens (including phenoxy) is 6. The Morgan fingerprint density at radius 3 is 1.82 bits per heavy atom. The molecule has 0 aromatic carbocycles. The first-order valence-corrected chi connectivity index (χ1v) is 10.8. The Morgan fingerprint density at radius 2 is 1.27 bits per heavy atom. The van der Waals surface area contributed by atoms with Crippen LogP contribution in [0.15, 0.2) is 0 Å². The molecule has 1 aliphatic carbocycles. The molecule has 0 aromatic heterocycles. The third-order valence-corrected chi connectivity index (χ3v) is 5.08. The normalized spacial score (nSPS) is 27.6. The van der Waals surface area contributed by atoms with Crippen molar-refractivity contribution >= 4 is 30.0 Å². The van der Waals surface area contributed by atoms with E-state index < -0.39 is 60.6 Å². The van der Waals surface area contributed by atoms with Gasteiger partial charge in [0.05, 0.1) is 0 Å². The molecule has 1 N–H and O–H groups in total. The van der Waals surface area contributed by atoms with Crippen molar-refractivity contribution in [3.05, 3.63) is 0 Å². The zero-order chi connectivity index (χ0) is 24.5. The van der Waals surface area contributed by atoms with Gasteiger partial charge in [-0.1, -0.05) is 6.42 Å². The van der Waals surface area contributed by atoms with Crippen LogP contribution in [0.4, 0.5) is 4.79 Å². The maximum atomic E-state index is 12.5. The monoisotopic (exact) mass is 473 g/mol. The summed E-state index contributed by atoms with van der Waals surface area (Å²) in [5, 5.41) is 2.48. The van der Waals surface area contributed by atoms with Crippen molar-refractivity contribution in [3.8, 4) is 0 Å². The zero-order valence-electron chi connectivity index (χ0n) is 19.2. The van der Waals surface area contributed by atoms with Gasteiger partial charge in [0, 0.05) is 27.7 Å². The third kappa shape index (κ3) is 8.52. The average Bonchev–Trinajstić information content (AvgIpc) is 2.70. The van der Waals surface area contributed by atoms with Crippen LogP contribution in [-0.2, 0) is 47.6 Å². The topological polar surface area (TPSA) is 153 Å². The summed E-state index contributed by atoms with van der Waals surface area (Å²) in [6.07, 6.45) is -3.18. The predicted octanol–water partition coefficient (Wildman–Crippen LogP) is 1.13. The van der Waals surface area contributed by atoms with Crippen LogP contribution in [0.2, 0.25) is 0 Å². The molecule has 1 amide bonds. The van der Waals surface area contributed by atoms with Gasteiger partial charge in [-0.25, -0.2) is 4.79 Å². The minimum absolute atomic E-state index is 0.260. The second-order valence-electron chi connectivity index (χ2n) is 7.93. The smallest absolute Gasteiger partial charge is 0.409 e. The van der Waals surface area contributed by atoms with Gasteiger partial charge in [-0.15, -0.1) is 0 Å². The second-order valence-corrected chi connectivity index (χ2v) is 7.93. The van der Waals surface area contributed by atoms with E-state index in [4.69, 9.17) is 28.4 Å². The lowest BCUT2D eigenvalue weighted by Crippen LogP contribution is -2.66. The molecule has 33 heavy (non-hydrogen) atoms. The first-order valence-electron chi connectivity index (χ1n) is 10.8. The summed E-state index contributed by atoms with van der Waals surface area (Å²) in [7, 11) is 0. The largest absolute Gasteiger partial charge is 0.463 e. The van der Waals surface area contributed by atoms with Crippen LogP contribution in [0.3, 0.4) is 0 Å². The molecule has 2 aliphatic rings. The molecule has 1 aliphatic heterocycles. The summed E-state index contributed by atoms with van der Waals surface area (Å²) in [6, 6.07) is 0. The van der Waals surface area contributed by atoms with E-state index in [0.29, 0.717) is 0 Å². The molecule has 0 aromatic rings. The van der Waals surface area contributed by atoms with Crippen LogP contribution in [0.1, 0.15) is 59.8 Å². The maximum Gasteiger partial charge on any atom is 0.409 e. The van der Waals surface area contributed by atoms with Crippen molar-refractivity contribution in [3.63, 3.8) is 0 Å². The van der Waals surface area contributed by atoms with Gasteiger partial charge in [-0.05, 0) is 25.7 Å². The molecule has 1 saturated heterocycles. The number of esters is 4. The molecular weight excluding hydrogens is 442 g/mol. The van der Waals surface area contributed by atoms with Crippen molar-refractivity contribution in [2.75, 3.05) is 6.61 Å². The van der Waals surface area contributed by atoms with Crippen LogP contribution in [-0.4, -0.2) is 73.3 Å². The van der Waals surface area contributed by atoms with Gasteiger partial charge < -0.3 is 28.4 Å². The fraction of sp³-hybridized carbons (Fsp3) is 0.762. The molecule has 0 bridgehead atoms. The van der Waals surface area contributed by atoms with Gasteiger partial charge in [0.2, 0.25) is 0 Å². The van der Waals surface area contributed by atoms with Crippen molar-refractivity contribution in [2.24, 2.45) is 0 Å². The van der Waals surface area contributed by atoms with E-state index in [1.165, 1.54) is 6.92 Å². The summed E-state index contributed by atoms with van der Waals surface area (Å²) in [5.74, 6) is -2.88. The van der Waals surface area contributed by atoms with Crippen LogP contribution in [0.25, 0.3) is 0 Å². The number of amides is 1. The van der Waals surface area contributed by atoms with E-state index in [0.717, 1.165) is 52.9 Å². The Morgan fingerprint density at radius 1 is 0.727 bits per heavy atom. The van der Waals surface area contributed by atoms with Crippen molar-refractivity contribution in [1.82, 2.24) is 5.32 Å². The number of alkyl carbamates (subject to hydrolysis) is 1. The van der Waals surface area contributed by atoms with Gasteiger partial charge in [0.1, 0.15) is 18.8 Å². The second kappa shape index (κ2) is 12.4. The van der Waals surface area contributed by atoms with Gasteiger partial charge in [-0.3, -0.25) is 24.5 Å². The summed E-state index contributed by atoms with van der Waals surface area (Å²) < 4.78 is 32.1. The number of carbonyl (C=O) groups is 5. The SMILES string of the molecule is CC(=O)OC[C@@H]1O[C@@H](NC(=O)OC2CCCCC2)[C@@H](OC(C)=O)[C@@H](OC(C)=O)[C@H]1OC(C)=O. The molecule has 12 nitrogen and oxygen atoms in total. The number of rotatable bonds is 7. The summed E-state index contributed by atoms with van der Waals surface area (Å²) in [6.45, 7) is 4.15. The highest BCUT2D eigenvalue weighted by Crippen LogP contribution is 2.29. The highest BCUT2D eigenvalue weighted by Gasteiger charge is 2.52. The van der Waals surface area contributed by atoms with Crippen molar-refractivity contribution in [1.29, 1.82) is 0 Å². The van der Waals surface area contributed by atoms with Gasteiger partial charge in [0.25, 0.3) is 0 Å². The van der Waals surface area contributed by atoms with Crippen molar-refractivity contribution in [2.45, 2.75) is 96.5 Å². The minimum Gasteiger partial charge on any atom is -0.463 e. The number of hydrogen-bond donors (Lipinski definition) is 1. The van der Waals surface area contributed by atoms with Crippen molar-refractivity contribution < 1.29 is 52.4 Å². The molecule has 2 fully saturated rings. The summed E-state index contributed by atoms with van der Waals surface area (Å²) in [4.78, 5) is 59.2. The molecule has 12 heteroatoms. The first-order chi connectivity index (χ1) is 15.6. The molecule has 5 atom stereocenters. The third-order valence-electron chi connectivity index (χ3n) is 5.08. The molecule has 0 unspecified atom stereocenters. The van der Waals surface area contributed by atoms with Gasteiger partial charge >= 0.3 is 30.0 Å². The average molecular weight is 473 g/mol. The fourth-order valence-electron chi connectivity index (χ4n) is 3.83. The van der Waals surface area contributed by atoms with E-state index in [1.807, 2.05) is 0 Å². The summed E-state index contributed by atoms with van der Waals surface area (Å²) >= 11 is 0. The highest BCUT2D eigenvalue weighted by atomic mass is 16.7. The molecule has 186 valence electrons. The van der Waals surface area contributed by atoms with E-state index in [-0.39, 0.29) is 12.7 Å². The lowest BCUT2D eigenvalue weighted by Gasteiger charge is -2.44. The maximum absolute atomic E-state index is 12.5. The Kier molecular flexibility index (Phi) is 9.89. The van der Waals surface area contributed by atoms with Gasteiger partial charge in [-0.2, -0.15) is 0 Å². The Hall–Kier alpha value is -2.89. The van der Waals surface area contributed by atoms with Crippen LogP contribution < -0.4 is 5.32 Å². The quantitative estimate of drug-likeness (QED) is 0.418. The van der Waals surface area contributed by atoms with Crippen LogP contribution >= 0.6 is 0 Å². The zero-order valence-corrected chi connectivity index (χ0v) is 19.2. The molecular formula is C21H31NO11. The Bertz CT molecular complexity index is 734. The van der Waals surface area contributed by atoms with E-state index >= 15 is 0 Å². The molecule has 1 saturated carbocycles. The lowest BCUT2D eigenvalue weighted by atomic mass is 9.97. The van der Waals surface area contributed by atoms with E-state index in [2.05, 4.69) is 5.32 Å². The molecule has 1 heterocycles. The van der Waals surface area contributed by atoms with E-state index in [1.54, 1.807) is 0 Å². The highest BCUT2D eigenvalue weighted by molar-refractivity contribution is 5.70. The first kappa shape index (κ1) is 26.4. The Balaban J connectivity index is 2.29. The number of carbonyl (C=O) groups excluding carboxylic acids is 5. The molecule has 0 radical (unpaired) electrons. The van der Waals surface area contributed by atoms with Crippen LogP contribution in [0, 0.1) is 0 Å². The number of nitrogens with one attached hydrogen (secondary N) is 1. The lowest BCUT2D eigenvalue weighted by molar-refractivity contribution is -0.256. The minimum atomic E-state index is -1.37. The molecule has 2 rings (SSSR count). The molecule has 0 spiro atoms. The van der Waals surface area contributed by atoms with Crippen LogP contribution in [0.5, 0.6) is 0 Å². The van der Waals surface area contributed by atoms with E-state index in [9.17, 15) is 24.0 Å². The fourth-order valence-corrected chi connectivity index (χ4v) is 3.83. The standard InChI is InChI=1S/C21H31NO11/c1-11(23)28-10-16-17(29-12(2)24)18(30-13(3)25)19(31-14(4)26)20(33-16)22-21(27)32-15-8-6-5-7-9-15/h15-20H,5-10H2,1-4H3,(H,22,27)/t16-,17-,18-,19-,20+/m0/s1. The predicted molar refractivity (Wildman–Crippen MR) is 108 cm³/mol. The number of hydrogen-bond acceptors (Lipinski definition) is 11.